The van der Waals surface area contributed by atoms with Gasteiger partial charge in [-0.2, -0.15) is 0 Å². The number of ether oxygens (including phenoxy) is 1. The van der Waals surface area contributed by atoms with Crippen LogP contribution in [0.25, 0.3) is 0 Å². The maximum atomic E-state index is 12.5. The molecule has 3 rings (SSSR count). The number of hydrogen-bond acceptors (Lipinski definition) is 3. The van der Waals surface area contributed by atoms with Crippen LogP contribution in [-0.2, 0) is 4.74 Å². The van der Waals surface area contributed by atoms with Gasteiger partial charge in [0, 0.05) is 26.1 Å². The molecule has 2 fully saturated rings. The zero-order valence-electron chi connectivity index (χ0n) is 11.9. The van der Waals surface area contributed by atoms with Crippen LogP contribution in [0.15, 0.2) is 24.3 Å². The number of aliphatic hydroxyl groups is 1. The molecule has 2 saturated heterocycles. The summed E-state index contributed by atoms with van der Waals surface area (Å²) in [5, 5.41) is 10.3. The number of aliphatic hydroxyl groups excluding tert-OH is 1. The highest BCUT2D eigenvalue weighted by molar-refractivity contribution is 6.33. The van der Waals surface area contributed by atoms with Gasteiger partial charge < -0.3 is 14.7 Å². The van der Waals surface area contributed by atoms with Crippen molar-refractivity contribution in [1.29, 1.82) is 0 Å². The van der Waals surface area contributed by atoms with Crippen LogP contribution in [0.4, 0.5) is 0 Å². The van der Waals surface area contributed by atoms with Crippen molar-refractivity contribution in [1.82, 2.24) is 4.90 Å². The largest absolute Gasteiger partial charge is 0.393 e. The third-order valence-electron chi connectivity index (χ3n) is 4.53. The average molecular weight is 310 g/mol. The van der Waals surface area contributed by atoms with E-state index in [1.54, 1.807) is 12.1 Å². The first-order chi connectivity index (χ1) is 10.1. The molecule has 5 heteroatoms. The van der Waals surface area contributed by atoms with Gasteiger partial charge in [0.2, 0.25) is 0 Å². The zero-order chi connectivity index (χ0) is 14.9. The smallest absolute Gasteiger partial charge is 0.255 e. The molecular weight excluding hydrogens is 290 g/mol. The van der Waals surface area contributed by atoms with E-state index in [2.05, 4.69) is 0 Å². The zero-order valence-corrected chi connectivity index (χ0v) is 12.7. The molecule has 1 atom stereocenters. The number of likely N-dealkylation sites (tertiary alicyclic amines) is 1. The van der Waals surface area contributed by atoms with E-state index < -0.39 is 0 Å². The lowest BCUT2D eigenvalue weighted by Crippen LogP contribution is -2.51. The highest BCUT2D eigenvalue weighted by Crippen LogP contribution is 2.35. The second kappa shape index (κ2) is 5.95. The Morgan fingerprint density at radius 1 is 1.33 bits per heavy atom. The minimum absolute atomic E-state index is 0.0215. The van der Waals surface area contributed by atoms with Crippen LogP contribution in [-0.4, -0.2) is 47.3 Å². The molecule has 4 nitrogen and oxygen atoms in total. The van der Waals surface area contributed by atoms with E-state index in [0.29, 0.717) is 43.1 Å². The van der Waals surface area contributed by atoms with Gasteiger partial charge in [0.15, 0.2) is 0 Å². The highest BCUT2D eigenvalue weighted by atomic mass is 35.5. The van der Waals surface area contributed by atoms with E-state index in [0.717, 1.165) is 12.8 Å². The minimum atomic E-state index is -0.274. The number of benzene rings is 1. The Balaban J connectivity index is 1.66. The third-order valence-corrected chi connectivity index (χ3v) is 4.86. The first-order valence-corrected chi connectivity index (χ1v) is 7.83. The summed E-state index contributed by atoms with van der Waals surface area (Å²) >= 11 is 6.09. The summed E-state index contributed by atoms with van der Waals surface area (Å²) < 4.78 is 5.91. The summed E-state index contributed by atoms with van der Waals surface area (Å²) in [5.74, 6) is -0.0215. The summed E-state index contributed by atoms with van der Waals surface area (Å²) in [6, 6.07) is 7.14. The molecule has 1 spiro atoms. The van der Waals surface area contributed by atoms with Crippen molar-refractivity contribution in [2.45, 2.75) is 37.4 Å². The summed E-state index contributed by atoms with van der Waals surface area (Å²) in [6.07, 6.45) is 2.68. The van der Waals surface area contributed by atoms with E-state index in [-0.39, 0.29) is 17.6 Å². The molecule has 0 aromatic heterocycles. The van der Waals surface area contributed by atoms with E-state index in [1.807, 2.05) is 17.0 Å². The van der Waals surface area contributed by atoms with Gasteiger partial charge in [0.25, 0.3) is 5.91 Å². The topological polar surface area (TPSA) is 49.8 Å². The molecule has 0 saturated carbocycles. The average Bonchev–Trinajstić information content (AvgIpc) is 2.48. The lowest BCUT2D eigenvalue weighted by atomic mass is 9.83. The van der Waals surface area contributed by atoms with Crippen molar-refractivity contribution in [3.8, 4) is 0 Å². The van der Waals surface area contributed by atoms with E-state index in [4.69, 9.17) is 16.3 Å². The number of carbonyl (C=O) groups is 1. The maximum absolute atomic E-state index is 12.5. The number of rotatable bonds is 1. The summed E-state index contributed by atoms with van der Waals surface area (Å²) in [6.45, 7) is 1.91. The molecule has 1 N–H and O–H groups in total. The van der Waals surface area contributed by atoms with Crippen molar-refractivity contribution >= 4 is 17.5 Å². The standard InChI is InChI=1S/C16H20ClNO3/c17-14-4-2-1-3-13(14)15(20)18-8-6-16(7-9-18)11-12(19)5-10-21-16/h1-4,12,19H,5-11H2. The van der Waals surface area contributed by atoms with Crippen molar-refractivity contribution < 1.29 is 14.6 Å². The van der Waals surface area contributed by atoms with E-state index >= 15 is 0 Å². The molecule has 2 aliphatic rings. The molecule has 1 aromatic rings. The number of piperidine rings is 1. The fraction of sp³-hybridized carbons (Fsp3) is 0.562. The van der Waals surface area contributed by atoms with Crippen molar-refractivity contribution in [3.63, 3.8) is 0 Å². The first kappa shape index (κ1) is 14.8. The Morgan fingerprint density at radius 2 is 2.05 bits per heavy atom. The Labute approximate surface area is 129 Å². The molecule has 2 aliphatic heterocycles. The lowest BCUT2D eigenvalue weighted by molar-refractivity contribution is -0.139. The molecule has 1 aromatic carbocycles. The Hall–Kier alpha value is -1.10. The van der Waals surface area contributed by atoms with Crippen LogP contribution in [0.3, 0.4) is 0 Å². The van der Waals surface area contributed by atoms with Crippen LogP contribution in [0, 0.1) is 0 Å². The summed E-state index contributed by atoms with van der Waals surface area (Å²) in [5.41, 5.74) is 0.314. The van der Waals surface area contributed by atoms with Gasteiger partial charge in [-0.25, -0.2) is 0 Å². The number of amides is 1. The minimum Gasteiger partial charge on any atom is -0.393 e. The van der Waals surface area contributed by atoms with Gasteiger partial charge in [-0.1, -0.05) is 23.7 Å². The summed E-state index contributed by atoms with van der Waals surface area (Å²) in [7, 11) is 0. The van der Waals surface area contributed by atoms with Gasteiger partial charge in [0.1, 0.15) is 0 Å². The van der Waals surface area contributed by atoms with Gasteiger partial charge >= 0.3 is 0 Å². The maximum Gasteiger partial charge on any atom is 0.255 e. The Bertz CT molecular complexity index is 526. The fourth-order valence-electron chi connectivity index (χ4n) is 3.27. The Morgan fingerprint density at radius 3 is 2.71 bits per heavy atom. The Kier molecular flexibility index (Phi) is 4.20. The van der Waals surface area contributed by atoms with Crippen molar-refractivity contribution in [3.05, 3.63) is 34.9 Å². The number of halogens is 1. The monoisotopic (exact) mass is 309 g/mol. The fourth-order valence-corrected chi connectivity index (χ4v) is 3.49. The molecule has 0 aliphatic carbocycles. The van der Waals surface area contributed by atoms with Gasteiger partial charge in [0.05, 0.1) is 22.3 Å². The quantitative estimate of drug-likeness (QED) is 0.867. The molecular formula is C16H20ClNO3. The second-order valence-corrected chi connectivity index (χ2v) is 6.36. The van der Waals surface area contributed by atoms with E-state index in [1.165, 1.54) is 0 Å². The first-order valence-electron chi connectivity index (χ1n) is 7.45. The summed E-state index contributed by atoms with van der Waals surface area (Å²) in [4.78, 5) is 14.3. The number of nitrogens with zero attached hydrogens (tertiary/aromatic N) is 1. The molecule has 114 valence electrons. The van der Waals surface area contributed by atoms with Crippen LogP contribution in [0.5, 0.6) is 0 Å². The molecule has 0 bridgehead atoms. The predicted octanol–water partition coefficient (Wildman–Crippen LogP) is 2.49. The number of hydrogen-bond donors (Lipinski definition) is 1. The van der Waals surface area contributed by atoms with Gasteiger partial charge in [-0.3, -0.25) is 4.79 Å². The normalized spacial score (nSPS) is 25.0. The lowest BCUT2D eigenvalue weighted by Gasteiger charge is -2.45. The third kappa shape index (κ3) is 3.07. The van der Waals surface area contributed by atoms with E-state index in [9.17, 15) is 9.90 Å². The van der Waals surface area contributed by atoms with Gasteiger partial charge in [-0.05, 0) is 31.4 Å². The molecule has 21 heavy (non-hydrogen) atoms. The molecule has 0 radical (unpaired) electrons. The highest BCUT2D eigenvalue weighted by Gasteiger charge is 2.40. The van der Waals surface area contributed by atoms with Crippen LogP contribution in [0.2, 0.25) is 5.02 Å². The molecule has 1 unspecified atom stereocenters. The predicted molar refractivity (Wildman–Crippen MR) is 80.5 cm³/mol. The van der Waals surface area contributed by atoms with Crippen molar-refractivity contribution in [2.24, 2.45) is 0 Å². The van der Waals surface area contributed by atoms with Crippen LogP contribution in [0.1, 0.15) is 36.0 Å². The van der Waals surface area contributed by atoms with Crippen LogP contribution >= 0.6 is 11.6 Å². The van der Waals surface area contributed by atoms with Crippen molar-refractivity contribution in [2.75, 3.05) is 19.7 Å². The molecule has 1 amide bonds. The van der Waals surface area contributed by atoms with Crippen LogP contribution < -0.4 is 0 Å². The SMILES string of the molecule is O=C(c1ccccc1Cl)N1CCC2(CC1)CC(O)CCO2. The second-order valence-electron chi connectivity index (χ2n) is 5.95. The molecule has 2 heterocycles. The van der Waals surface area contributed by atoms with Gasteiger partial charge in [-0.15, -0.1) is 0 Å². The number of carbonyl (C=O) groups excluding carboxylic acids is 1.